The van der Waals surface area contributed by atoms with Crippen molar-refractivity contribution < 1.29 is 9.90 Å². The first-order valence-electron chi connectivity index (χ1n) is 5.22. The number of nitrogens with zero attached hydrogens (tertiary/aromatic N) is 1. The van der Waals surface area contributed by atoms with Gasteiger partial charge in [0.1, 0.15) is 0 Å². The van der Waals surface area contributed by atoms with Crippen LogP contribution in [0.4, 0.5) is 0 Å². The van der Waals surface area contributed by atoms with Crippen LogP contribution in [-0.4, -0.2) is 35.6 Å². The molecule has 1 heterocycles. The molecule has 74 valence electrons. The van der Waals surface area contributed by atoms with Crippen LogP contribution in [0.1, 0.15) is 25.7 Å². The summed E-state index contributed by atoms with van der Waals surface area (Å²) in [5, 5.41) is 8.73. The van der Waals surface area contributed by atoms with Gasteiger partial charge in [0.15, 0.2) is 0 Å². The Morgan fingerprint density at radius 1 is 1.31 bits per heavy atom. The third-order valence-corrected chi connectivity index (χ3v) is 3.18. The molecule has 0 radical (unpaired) electrons. The number of piperidine rings is 1. The van der Waals surface area contributed by atoms with Gasteiger partial charge in [0.2, 0.25) is 0 Å². The highest BCUT2D eigenvalue weighted by Crippen LogP contribution is 2.39. The zero-order chi connectivity index (χ0) is 9.26. The minimum absolute atomic E-state index is 0.0260. The molecule has 2 atom stereocenters. The van der Waals surface area contributed by atoms with E-state index in [0.29, 0.717) is 5.92 Å². The molecular weight excluding hydrogens is 166 g/mol. The third-order valence-electron chi connectivity index (χ3n) is 3.18. The predicted octanol–water partition coefficient (Wildman–Crippen LogP) is 1.19. The summed E-state index contributed by atoms with van der Waals surface area (Å²) in [6, 6.07) is 0. The molecule has 1 saturated heterocycles. The molecule has 3 nitrogen and oxygen atoms in total. The molecule has 3 heteroatoms. The number of rotatable bonds is 3. The highest BCUT2D eigenvalue weighted by atomic mass is 16.4. The maximum Gasteiger partial charge on any atom is 0.306 e. The monoisotopic (exact) mass is 183 g/mol. The number of carboxylic acid groups (broad SMARTS) is 1. The van der Waals surface area contributed by atoms with E-state index in [1.807, 2.05) is 0 Å². The minimum Gasteiger partial charge on any atom is -0.481 e. The van der Waals surface area contributed by atoms with Crippen molar-refractivity contribution in [3.05, 3.63) is 0 Å². The quantitative estimate of drug-likeness (QED) is 0.714. The van der Waals surface area contributed by atoms with Gasteiger partial charge < -0.3 is 10.0 Å². The summed E-state index contributed by atoms with van der Waals surface area (Å²) < 4.78 is 0. The van der Waals surface area contributed by atoms with E-state index in [2.05, 4.69) is 4.90 Å². The standard InChI is InChI=1S/C10H17NO2/c12-10(13)9-6-8(9)7-11-4-2-1-3-5-11/h8-9H,1-7H2,(H,12,13). The fraction of sp³-hybridized carbons (Fsp3) is 0.900. The maximum absolute atomic E-state index is 10.6. The second-order valence-corrected chi connectivity index (χ2v) is 4.30. The molecule has 13 heavy (non-hydrogen) atoms. The van der Waals surface area contributed by atoms with E-state index in [9.17, 15) is 4.79 Å². The first-order valence-corrected chi connectivity index (χ1v) is 5.22. The number of aliphatic carboxylic acids is 1. The van der Waals surface area contributed by atoms with Crippen LogP contribution in [0.15, 0.2) is 0 Å². The van der Waals surface area contributed by atoms with Crippen LogP contribution in [0.2, 0.25) is 0 Å². The SMILES string of the molecule is O=C(O)C1CC1CN1CCCCC1. The Bertz CT molecular complexity index is 199. The highest BCUT2D eigenvalue weighted by Gasteiger charge is 2.43. The molecular formula is C10H17NO2. The fourth-order valence-electron chi connectivity index (χ4n) is 2.23. The zero-order valence-corrected chi connectivity index (χ0v) is 7.91. The van der Waals surface area contributed by atoms with Gasteiger partial charge in [-0.05, 0) is 38.3 Å². The van der Waals surface area contributed by atoms with Gasteiger partial charge in [-0.15, -0.1) is 0 Å². The molecule has 0 aromatic rings. The number of likely N-dealkylation sites (tertiary alicyclic amines) is 1. The summed E-state index contributed by atoms with van der Waals surface area (Å²) in [6.07, 6.45) is 4.85. The van der Waals surface area contributed by atoms with Crippen LogP contribution >= 0.6 is 0 Å². The molecule has 0 aromatic heterocycles. The minimum atomic E-state index is -0.595. The van der Waals surface area contributed by atoms with Crippen molar-refractivity contribution in [2.45, 2.75) is 25.7 Å². The van der Waals surface area contributed by atoms with Crippen LogP contribution in [0.25, 0.3) is 0 Å². The summed E-state index contributed by atoms with van der Waals surface area (Å²) in [6.45, 7) is 3.39. The zero-order valence-electron chi connectivity index (χ0n) is 7.91. The summed E-state index contributed by atoms with van der Waals surface area (Å²) in [5.74, 6) is -0.167. The third kappa shape index (κ3) is 2.21. The summed E-state index contributed by atoms with van der Waals surface area (Å²) in [5.41, 5.74) is 0. The highest BCUT2D eigenvalue weighted by molar-refractivity contribution is 5.73. The normalized spacial score (nSPS) is 34.5. The molecule has 1 aliphatic carbocycles. The lowest BCUT2D eigenvalue weighted by molar-refractivity contribution is -0.138. The van der Waals surface area contributed by atoms with Gasteiger partial charge in [-0.1, -0.05) is 6.42 Å². The Morgan fingerprint density at radius 3 is 2.54 bits per heavy atom. The Hall–Kier alpha value is -0.570. The van der Waals surface area contributed by atoms with Crippen molar-refractivity contribution in [1.82, 2.24) is 4.90 Å². The van der Waals surface area contributed by atoms with E-state index in [1.165, 1.54) is 32.4 Å². The molecule has 2 rings (SSSR count). The van der Waals surface area contributed by atoms with Gasteiger partial charge in [0.05, 0.1) is 5.92 Å². The smallest absolute Gasteiger partial charge is 0.306 e. The molecule has 0 bridgehead atoms. The van der Waals surface area contributed by atoms with Crippen LogP contribution in [-0.2, 0) is 4.79 Å². The van der Waals surface area contributed by atoms with Crippen LogP contribution < -0.4 is 0 Å². The molecule has 2 fully saturated rings. The summed E-state index contributed by atoms with van der Waals surface area (Å²) in [7, 11) is 0. The van der Waals surface area contributed by atoms with Gasteiger partial charge in [0, 0.05) is 6.54 Å². The van der Waals surface area contributed by atoms with E-state index in [1.54, 1.807) is 0 Å². The molecule has 1 saturated carbocycles. The van der Waals surface area contributed by atoms with E-state index < -0.39 is 5.97 Å². The molecule has 0 spiro atoms. The number of hydrogen-bond donors (Lipinski definition) is 1. The molecule has 2 aliphatic rings. The Labute approximate surface area is 78.7 Å². The Morgan fingerprint density at radius 2 is 2.00 bits per heavy atom. The average Bonchev–Trinajstić information content (AvgIpc) is 2.86. The van der Waals surface area contributed by atoms with Crippen LogP contribution in [0.3, 0.4) is 0 Å². The Kier molecular flexibility index (Phi) is 2.54. The van der Waals surface area contributed by atoms with E-state index in [4.69, 9.17) is 5.11 Å². The topological polar surface area (TPSA) is 40.5 Å². The fourth-order valence-corrected chi connectivity index (χ4v) is 2.23. The van der Waals surface area contributed by atoms with E-state index >= 15 is 0 Å². The maximum atomic E-state index is 10.6. The second kappa shape index (κ2) is 3.66. The van der Waals surface area contributed by atoms with Crippen molar-refractivity contribution in [2.75, 3.05) is 19.6 Å². The van der Waals surface area contributed by atoms with Crippen molar-refractivity contribution in [3.63, 3.8) is 0 Å². The number of carboxylic acids is 1. The van der Waals surface area contributed by atoms with Gasteiger partial charge in [0.25, 0.3) is 0 Å². The number of hydrogen-bond acceptors (Lipinski definition) is 2. The lowest BCUT2D eigenvalue weighted by Gasteiger charge is -2.26. The average molecular weight is 183 g/mol. The van der Waals surface area contributed by atoms with Gasteiger partial charge in [-0.2, -0.15) is 0 Å². The van der Waals surface area contributed by atoms with Crippen LogP contribution in [0.5, 0.6) is 0 Å². The molecule has 1 N–H and O–H groups in total. The van der Waals surface area contributed by atoms with E-state index in [0.717, 1.165) is 13.0 Å². The summed E-state index contributed by atoms with van der Waals surface area (Å²) in [4.78, 5) is 13.0. The van der Waals surface area contributed by atoms with Gasteiger partial charge in [-0.3, -0.25) is 4.79 Å². The predicted molar refractivity (Wildman–Crippen MR) is 49.5 cm³/mol. The second-order valence-electron chi connectivity index (χ2n) is 4.30. The van der Waals surface area contributed by atoms with E-state index in [-0.39, 0.29) is 5.92 Å². The lowest BCUT2D eigenvalue weighted by Crippen LogP contribution is -2.32. The lowest BCUT2D eigenvalue weighted by atomic mass is 10.1. The number of carbonyl (C=O) groups is 1. The summed E-state index contributed by atoms with van der Waals surface area (Å²) >= 11 is 0. The van der Waals surface area contributed by atoms with Crippen LogP contribution in [0, 0.1) is 11.8 Å². The van der Waals surface area contributed by atoms with Crippen molar-refractivity contribution >= 4 is 5.97 Å². The molecule has 1 aliphatic heterocycles. The molecule has 0 aromatic carbocycles. The van der Waals surface area contributed by atoms with Crippen molar-refractivity contribution in [2.24, 2.45) is 11.8 Å². The van der Waals surface area contributed by atoms with Crippen molar-refractivity contribution in [3.8, 4) is 0 Å². The largest absolute Gasteiger partial charge is 0.481 e. The molecule has 0 amide bonds. The first kappa shape index (κ1) is 9.00. The Balaban J connectivity index is 1.70. The van der Waals surface area contributed by atoms with Crippen molar-refractivity contribution in [1.29, 1.82) is 0 Å². The molecule has 2 unspecified atom stereocenters. The van der Waals surface area contributed by atoms with Gasteiger partial charge in [-0.25, -0.2) is 0 Å². The first-order chi connectivity index (χ1) is 6.27. The van der Waals surface area contributed by atoms with Gasteiger partial charge >= 0.3 is 5.97 Å².